The molecule has 15 heteroatoms. The van der Waals surface area contributed by atoms with Crippen molar-refractivity contribution in [1.29, 1.82) is 0 Å². The molecule has 4 aromatic rings. The van der Waals surface area contributed by atoms with Gasteiger partial charge in [0.15, 0.2) is 0 Å². The van der Waals surface area contributed by atoms with Crippen molar-refractivity contribution in [2.75, 3.05) is 20.1 Å². The Kier molecular flexibility index (Phi) is 15.0. The van der Waals surface area contributed by atoms with Crippen molar-refractivity contribution >= 4 is 41.4 Å². The zero-order valence-electron chi connectivity index (χ0n) is 33.9. The number of nitrogens with two attached hydrogens (primary N) is 4. The number of pyridine rings is 1. The molecule has 3 unspecified atom stereocenters. The van der Waals surface area contributed by atoms with Crippen LogP contribution in [-0.2, 0) is 40.3 Å². The molecule has 0 radical (unpaired) electrons. The molecule has 0 saturated heterocycles. The van der Waals surface area contributed by atoms with E-state index in [-0.39, 0.29) is 36.5 Å². The summed E-state index contributed by atoms with van der Waals surface area (Å²) in [5, 5.41) is 14.2. The number of aromatic amines is 1. The number of carbonyl (C=O) groups excluding carboxylic acids is 3. The smallest absolute Gasteiger partial charge is 0.245 e. The van der Waals surface area contributed by atoms with E-state index in [0.29, 0.717) is 57.3 Å². The first-order valence-electron chi connectivity index (χ1n) is 20.4. The number of likely N-dealkylation sites (N-methyl/N-ethyl adjacent to an activating group) is 1. The van der Waals surface area contributed by atoms with Crippen molar-refractivity contribution in [2.45, 2.75) is 99.4 Å². The van der Waals surface area contributed by atoms with Gasteiger partial charge in [0.05, 0.1) is 6.04 Å². The van der Waals surface area contributed by atoms with Crippen molar-refractivity contribution in [2.24, 2.45) is 28.1 Å². The van der Waals surface area contributed by atoms with Gasteiger partial charge in [-0.25, -0.2) is 4.98 Å². The Morgan fingerprint density at radius 3 is 2.49 bits per heavy atom. The van der Waals surface area contributed by atoms with Crippen molar-refractivity contribution in [3.63, 3.8) is 0 Å². The summed E-state index contributed by atoms with van der Waals surface area (Å²) in [5.41, 5.74) is 26.2. The standard InChI is InChI=1S/C44H57N11O3S/c1-27-14-19-32(28-15-17-29(18-16-28)40(47)54-48)34-26-52-42(57)38(23-31-25-50-35-11-4-3-10-33(31)35)55(2)44(58)37(12-5-6-20-45)53-41(56)36(13-7-21-46)51-24-30-9-8-22-49-43(30)59-39(27)34/h4,8-9,11,14-19,22,25,36-38,50-51H,3,5-7,10,12-13,20-21,23-24,26,45-46,48H2,1-2H3,(H2,47,54)(H,52,57)(H,53,56). The number of hydrogen-bond acceptors (Lipinski definition) is 10. The number of allylic oxidation sites excluding steroid dienone is 1. The van der Waals surface area contributed by atoms with E-state index in [1.165, 1.54) is 16.7 Å². The average Bonchev–Trinajstić information content (AvgIpc) is 3.67. The molecule has 59 heavy (non-hydrogen) atoms. The normalized spacial score (nSPS) is 19.3. The second kappa shape index (κ2) is 20.5. The van der Waals surface area contributed by atoms with E-state index >= 15 is 0 Å². The van der Waals surface area contributed by atoms with Crippen molar-refractivity contribution in [3.8, 4) is 11.1 Å². The topological polar surface area (TPSA) is 236 Å². The number of hydrazone groups is 1. The molecule has 2 aliphatic rings. The average molecular weight is 820 g/mol. The number of carbonyl (C=O) groups is 3. The molecule has 1 aliphatic carbocycles. The summed E-state index contributed by atoms with van der Waals surface area (Å²) >= 11 is 1.52. The zero-order valence-corrected chi connectivity index (χ0v) is 34.7. The SMILES string of the molecule is Cc1ccc(-c2ccc(/C(N)=N/N)cc2)c2c1Sc1ncccc1CNC(CCCN)C(=O)NC(CCCCN)C(=O)N(C)C(Cc1c[nH]c3c1CCC=C3)C(=O)NC2. The van der Waals surface area contributed by atoms with Gasteiger partial charge >= 0.3 is 0 Å². The highest BCUT2D eigenvalue weighted by Gasteiger charge is 2.34. The second-order valence-electron chi connectivity index (χ2n) is 15.1. The van der Waals surface area contributed by atoms with Crippen LogP contribution in [0.3, 0.4) is 0 Å². The summed E-state index contributed by atoms with van der Waals surface area (Å²) in [6.07, 6.45) is 12.6. The number of aromatic nitrogens is 2. The summed E-state index contributed by atoms with van der Waals surface area (Å²) in [4.78, 5) is 54.2. The summed E-state index contributed by atoms with van der Waals surface area (Å²) in [5.74, 6) is 4.73. The molecule has 3 heterocycles. The fourth-order valence-electron chi connectivity index (χ4n) is 7.75. The number of benzene rings is 2. The minimum absolute atomic E-state index is 0.164. The Hall–Kier alpha value is -5.48. The minimum Gasteiger partial charge on any atom is -0.382 e. The molecular weight excluding hydrogens is 763 g/mol. The lowest BCUT2D eigenvalue weighted by atomic mass is 9.94. The van der Waals surface area contributed by atoms with Gasteiger partial charge in [-0.2, -0.15) is 5.10 Å². The maximum atomic E-state index is 14.8. The van der Waals surface area contributed by atoms with Crippen LogP contribution in [0.1, 0.15) is 77.6 Å². The molecule has 3 atom stereocenters. The number of nitrogens with zero attached hydrogens (tertiary/aromatic N) is 3. The van der Waals surface area contributed by atoms with E-state index in [0.717, 1.165) is 67.4 Å². The van der Waals surface area contributed by atoms with Gasteiger partial charge in [-0.3, -0.25) is 14.4 Å². The Morgan fingerprint density at radius 1 is 0.949 bits per heavy atom. The molecule has 0 saturated carbocycles. The van der Waals surface area contributed by atoms with E-state index in [4.69, 9.17) is 28.0 Å². The highest BCUT2D eigenvalue weighted by atomic mass is 32.2. The van der Waals surface area contributed by atoms with Crippen LogP contribution in [0.25, 0.3) is 17.2 Å². The van der Waals surface area contributed by atoms with Gasteiger partial charge in [-0.1, -0.05) is 60.3 Å². The lowest BCUT2D eigenvalue weighted by Crippen LogP contribution is -2.57. The molecule has 1 aliphatic heterocycles. The van der Waals surface area contributed by atoms with E-state index in [1.54, 1.807) is 13.2 Å². The summed E-state index contributed by atoms with van der Waals surface area (Å²) in [7, 11) is 1.66. The molecule has 3 amide bonds. The quantitative estimate of drug-likeness (QED) is 0.0360. The van der Waals surface area contributed by atoms with Crippen LogP contribution in [-0.4, -0.2) is 76.7 Å². The molecule has 2 aromatic heterocycles. The van der Waals surface area contributed by atoms with E-state index < -0.39 is 18.1 Å². The van der Waals surface area contributed by atoms with Crippen molar-refractivity contribution in [3.05, 3.63) is 106 Å². The molecule has 6 rings (SSSR count). The lowest BCUT2D eigenvalue weighted by molar-refractivity contribution is -0.142. The number of hydrogen-bond donors (Lipinski definition) is 8. The number of nitrogens with one attached hydrogen (secondary N) is 4. The fraction of sp³-hybridized carbons (Fsp3) is 0.386. The van der Waals surface area contributed by atoms with E-state index in [1.807, 2.05) is 49.5 Å². The van der Waals surface area contributed by atoms with Crippen LogP contribution in [0.2, 0.25) is 0 Å². The number of rotatable bonds is 11. The highest BCUT2D eigenvalue weighted by Crippen LogP contribution is 2.39. The number of fused-ring (bicyclic) bond motifs is 3. The minimum atomic E-state index is -0.895. The summed E-state index contributed by atoms with van der Waals surface area (Å²) in [6.45, 7) is 3.42. The predicted octanol–water partition coefficient (Wildman–Crippen LogP) is 3.59. The molecular formula is C44H57N11O3S. The fourth-order valence-corrected chi connectivity index (χ4v) is 8.86. The Balaban J connectivity index is 1.47. The van der Waals surface area contributed by atoms with Crippen LogP contribution in [0.5, 0.6) is 0 Å². The van der Waals surface area contributed by atoms with Gasteiger partial charge in [-0.15, -0.1) is 0 Å². The second-order valence-corrected chi connectivity index (χ2v) is 16.1. The molecule has 14 nitrogen and oxygen atoms in total. The Labute approximate surface area is 350 Å². The number of H-pyrrole nitrogens is 1. The van der Waals surface area contributed by atoms with Crippen molar-refractivity contribution < 1.29 is 14.4 Å². The van der Waals surface area contributed by atoms with Gasteiger partial charge in [0.2, 0.25) is 17.7 Å². The maximum Gasteiger partial charge on any atom is 0.245 e. The summed E-state index contributed by atoms with van der Waals surface area (Å²) in [6, 6.07) is 13.2. The number of amidine groups is 1. The van der Waals surface area contributed by atoms with Crippen LogP contribution in [0, 0.1) is 6.92 Å². The molecule has 0 fully saturated rings. The Bertz CT molecular complexity index is 2170. The third-order valence-corrected chi connectivity index (χ3v) is 12.5. The molecule has 0 bridgehead atoms. The predicted molar refractivity (Wildman–Crippen MR) is 234 cm³/mol. The van der Waals surface area contributed by atoms with Crippen LogP contribution < -0.4 is 39.0 Å². The van der Waals surface area contributed by atoms with Gasteiger partial charge in [0.1, 0.15) is 22.9 Å². The molecule has 2 aromatic carbocycles. The first-order valence-corrected chi connectivity index (χ1v) is 21.2. The largest absolute Gasteiger partial charge is 0.382 e. The first-order chi connectivity index (χ1) is 28.6. The van der Waals surface area contributed by atoms with Gasteiger partial charge in [-0.05, 0) is 116 Å². The third kappa shape index (κ3) is 10.4. The van der Waals surface area contributed by atoms with Crippen LogP contribution in [0.4, 0.5) is 0 Å². The third-order valence-electron chi connectivity index (χ3n) is 11.2. The van der Waals surface area contributed by atoms with Gasteiger partial charge in [0, 0.05) is 55.1 Å². The first kappa shape index (κ1) is 43.1. The zero-order chi connectivity index (χ0) is 41.9. The molecule has 12 N–H and O–H groups in total. The van der Waals surface area contributed by atoms with Crippen molar-refractivity contribution in [1.82, 2.24) is 30.8 Å². The summed E-state index contributed by atoms with van der Waals surface area (Å²) < 4.78 is 0. The van der Waals surface area contributed by atoms with Crippen LogP contribution in [0.15, 0.2) is 82.0 Å². The number of amides is 3. The highest BCUT2D eigenvalue weighted by molar-refractivity contribution is 7.99. The van der Waals surface area contributed by atoms with Crippen LogP contribution >= 0.6 is 11.8 Å². The molecule has 0 spiro atoms. The van der Waals surface area contributed by atoms with E-state index in [9.17, 15) is 14.4 Å². The molecule has 312 valence electrons. The van der Waals surface area contributed by atoms with Gasteiger partial charge < -0.3 is 48.9 Å². The monoisotopic (exact) mass is 819 g/mol. The maximum absolute atomic E-state index is 14.8. The van der Waals surface area contributed by atoms with Gasteiger partial charge in [0.25, 0.3) is 0 Å². The van der Waals surface area contributed by atoms with E-state index in [2.05, 4.69) is 50.3 Å². The number of unbranched alkanes of at least 4 members (excludes halogenated alkanes) is 1. The number of aryl methyl sites for hydroxylation is 1. The lowest BCUT2D eigenvalue weighted by Gasteiger charge is -2.32. The Morgan fingerprint density at radius 2 is 1.73 bits per heavy atom.